The largest absolute Gasteiger partial charge is 0.444 e. The molecular weight excluding hydrogens is 268 g/mol. The van der Waals surface area contributed by atoms with Crippen LogP contribution in [-0.4, -0.2) is 23.4 Å². The van der Waals surface area contributed by atoms with Crippen molar-refractivity contribution >= 4 is 23.4 Å². The summed E-state index contributed by atoms with van der Waals surface area (Å²) < 4.78 is 5.12. The van der Waals surface area contributed by atoms with Gasteiger partial charge in [-0.3, -0.25) is 5.32 Å². The van der Waals surface area contributed by atoms with Crippen molar-refractivity contribution in [1.29, 1.82) is 0 Å². The second-order valence-electron chi connectivity index (χ2n) is 5.16. The third-order valence-electron chi connectivity index (χ3n) is 2.25. The molecule has 0 radical (unpaired) electrons. The number of nitrogens with two attached hydrogens (primary N) is 1. The molecule has 1 rings (SSSR count). The van der Waals surface area contributed by atoms with E-state index in [9.17, 15) is 4.79 Å². The highest BCUT2D eigenvalue weighted by Crippen LogP contribution is 2.25. The summed E-state index contributed by atoms with van der Waals surface area (Å²) in [4.78, 5) is 11.6. The van der Waals surface area contributed by atoms with Crippen molar-refractivity contribution in [1.82, 2.24) is 0 Å². The van der Waals surface area contributed by atoms with Crippen LogP contribution in [0.3, 0.4) is 0 Å². The lowest BCUT2D eigenvalue weighted by Gasteiger charge is -2.20. The van der Waals surface area contributed by atoms with Gasteiger partial charge in [-0.05, 0) is 38.5 Å². The van der Waals surface area contributed by atoms with E-state index >= 15 is 0 Å². The summed E-state index contributed by atoms with van der Waals surface area (Å²) in [6.45, 7) is 5.15. The minimum absolute atomic E-state index is 0.171. The summed E-state index contributed by atoms with van der Waals surface area (Å²) in [5.74, 6) is 0. The Balaban J connectivity index is 2.78. The topological polar surface area (TPSA) is 84.6 Å². The van der Waals surface area contributed by atoms with E-state index in [1.807, 2.05) is 0 Å². The molecule has 0 saturated heterocycles. The Morgan fingerprint density at radius 3 is 2.63 bits per heavy atom. The quantitative estimate of drug-likeness (QED) is 0.797. The summed E-state index contributed by atoms with van der Waals surface area (Å²) in [6, 6.07) is 4.43. The van der Waals surface area contributed by atoms with Crippen LogP contribution in [0.1, 0.15) is 32.4 Å². The lowest BCUT2D eigenvalue weighted by Crippen LogP contribution is -2.27. The van der Waals surface area contributed by atoms with Gasteiger partial charge in [0.1, 0.15) is 5.60 Å². The normalized spacial score (nSPS) is 12.9. The van der Waals surface area contributed by atoms with Crippen LogP contribution in [0.25, 0.3) is 0 Å². The maximum Gasteiger partial charge on any atom is 0.412 e. The minimum Gasteiger partial charge on any atom is -0.444 e. The first-order valence-corrected chi connectivity index (χ1v) is 6.26. The fraction of sp³-hybridized carbons (Fsp3) is 0.462. The van der Waals surface area contributed by atoms with Crippen LogP contribution in [0.15, 0.2) is 18.2 Å². The fourth-order valence-electron chi connectivity index (χ4n) is 1.38. The van der Waals surface area contributed by atoms with Crippen molar-refractivity contribution in [2.75, 3.05) is 11.9 Å². The van der Waals surface area contributed by atoms with Gasteiger partial charge in [0.25, 0.3) is 0 Å². The summed E-state index contributed by atoms with van der Waals surface area (Å²) in [5, 5.41) is 11.9. The van der Waals surface area contributed by atoms with Crippen molar-refractivity contribution < 1.29 is 14.6 Å². The van der Waals surface area contributed by atoms with Crippen LogP contribution >= 0.6 is 11.6 Å². The zero-order valence-electron chi connectivity index (χ0n) is 11.2. The Labute approximate surface area is 117 Å². The van der Waals surface area contributed by atoms with E-state index in [1.54, 1.807) is 39.0 Å². The van der Waals surface area contributed by atoms with Crippen LogP contribution < -0.4 is 11.1 Å². The number of aliphatic hydroxyl groups excluding tert-OH is 1. The molecular formula is C13H19ClN2O3. The third-order valence-corrected chi connectivity index (χ3v) is 2.57. The van der Waals surface area contributed by atoms with Crippen molar-refractivity contribution in [3.8, 4) is 0 Å². The molecule has 0 bridgehead atoms. The second kappa shape index (κ2) is 6.23. The van der Waals surface area contributed by atoms with Gasteiger partial charge in [0.2, 0.25) is 0 Å². The van der Waals surface area contributed by atoms with Crippen LogP contribution in [-0.2, 0) is 4.74 Å². The molecule has 4 N–H and O–H groups in total. The Morgan fingerprint density at radius 2 is 2.16 bits per heavy atom. The van der Waals surface area contributed by atoms with E-state index in [1.165, 1.54) is 0 Å². The maximum atomic E-state index is 11.6. The van der Waals surface area contributed by atoms with E-state index in [-0.39, 0.29) is 6.61 Å². The number of anilines is 1. The molecule has 1 aromatic rings. The van der Waals surface area contributed by atoms with Gasteiger partial charge < -0.3 is 15.6 Å². The van der Waals surface area contributed by atoms with Crippen LogP contribution in [0.4, 0.5) is 10.5 Å². The Kier molecular flexibility index (Phi) is 5.17. The molecule has 106 valence electrons. The molecule has 5 nitrogen and oxygen atoms in total. The van der Waals surface area contributed by atoms with E-state index in [0.717, 1.165) is 0 Å². The maximum absolute atomic E-state index is 11.6. The van der Waals surface area contributed by atoms with Gasteiger partial charge in [-0.15, -0.1) is 0 Å². The molecule has 6 heteroatoms. The van der Waals surface area contributed by atoms with Crippen molar-refractivity contribution in [2.45, 2.75) is 32.4 Å². The van der Waals surface area contributed by atoms with Gasteiger partial charge in [0.05, 0.1) is 23.4 Å². The number of nitrogens with one attached hydrogen (secondary N) is 1. The SMILES string of the molecule is CC(C)(C)OC(=O)Nc1ccc([C@@H](N)CO)cc1Cl. The molecule has 0 heterocycles. The van der Waals surface area contributed by atoms with E-state index in [0.29, 0.717) is 16.3 Å². The summed E-state index contributed by atoms with van der Waals surface area (Å²) >= 11 is 6.04. The molecule has 0 saturated carbocycles. The summed E-state index contributed by atoms with van der Waals surface area (Å²) in [6.07, 6.45) is -0.575. The van der Waals surface area contributed by atoms with Gasteiger partial charge >= 0.3 is 6.09 Å². The Morgan fingerprint density at radius 1 is 1.53 bits per heavy atom. The molecule has 19 heavy (non-hydrogen) atoms. The number of hydrogen-bond acceptors (Lipinski definition) is 4. The van der Waals surface area contributed by atoms with Crippen LogP contribution in [0, 0.1) is 0 Å². The highest BCUT2D eigenvalue weighted by molar-refractivity contribution is 6.33. The minimum atomic E-state index is -0.575. The molecule has 1 amide bonds. The number of ether oxygens (including phenoxy) is 1. The van der Waals surface area contributed by atoms with Crippen molar-refractivity contribution in [3.05, 3.63) is 28.8 Å². The lowest BCUT2D eigenvalue weighted by atomic mass is 10.1. The lowest BCUT2D eigenvalue weighted by molar-refractivity contribution is 0.0636. The molecule has 0 fully saturated rings. The molecule has 1 atom stereocenters. The summed E-state index contributed by atoms with van der Waals surface area (Å²) in [5.41, 5.74) is 6.23. The molecule has 0 spiro atoms. The standard InChI is InChI=1S/C13H19ClN2O3/c1-13(2,3)19-12(18)16-11-5-4-8(6-9(11)14)10(15)7-17/h4-6,10,17H,7,15H2,1-3H3,(H,16,18)/t10-/m0/s1. The summed E-state index contributed by atoms with van der Waals surface area (Å²) in [7, 11) is 0. The monoisotopic (exact) mass is 286 g/mol. The van der Waals surface area contributed by atoms with Gasteiger partial charge in [-0.1, -0.05) is 17.7 Å². The van der Waals surface area contributed by atoms with Crippen LogP contribution in [0.5, 0.6) is 0 Å². The first-order valence-electron chi connectivity index (χ1n) is 5.89. The van der Waals surface area contributed by atoms with Gasteiger partial charge in [-0.2, -0.15) is 0 Å². The number of benzene rings is 1. The number of hydrogen-bond donors (Lipinski definition) is 3. The highest BCUT2D eigenvalue weighted by atomic mass is 35.5. The van der Waals surface area contributed by atoms with E-state index in [4.69, 9.17) is 27.2 Å². The van der Waals surface area contributed by atoms with Gasteiger partial charge in [0, 0.05) is 0 Å². The third kappa shape index (κ3) is 5.06. The second-order valence-corrected chi connectivity index (χ2v) is 5.56. The first-order chi connectivity index (χ1) is 8.73. The molecule has 0 aromatic heterocycles. The van der Waals surface area contributed by atoms with Crippen LogP contribution in [0.2, 0.25) is 5.02 Å². The van der Waals surface area contributed by atoms with Crippen molar-refractivity contribution in [3.63, 3.8) is 0 Å². The molecule has 0 aliphatic carbocycles. The van der Waals surface area contributed by atoms with E-state index < -0.39 is 17.7 Å². The number of amides is 1. The number of halogens is 1. The van der Waals surface area contributed by atoms with Crippen molar-refractivity contribution in [2.24, 2.45) is 5.73 Å². The van der Waals surface area contributed by atoms with Gasteiger partial charge in [-0.25, -0.2) is 4.79 Å². The average molecular weight is 287 g/mol. The Bertz CT molecular complexity index is 458. The average Bonchev–Trinajstić information content (AvgIpc) is 2.28. The zero-order valence-corrected chi connectivity index (χ0v) is 12.0. The molecule has 0 aliphatic heterocycles. The Hall–Kier alpha value is -1.30. The molecule has 1 aromatic carbocycles. The molecule has 0 aliphatic rings. The smallest absolute Gasteiger partial charge is 0.412 e. The number of rotatable bonds is 3. The molecule has 0 unspecified atom stereocenters. The fourth-order valence-corrected chi connectivity index (χ4v) is 1.62. The predicted octanol–water partition coefficient (Wildman–Crippen LogP) is 2.68. The predicted molar refractivity (Wildman–Crippen MR) is 75.3 cm³/mol. The van der Waals surface area contributed by atoms with E-state index in [2.05, 4.69) is 5.32 Å². The number of aliphatic hydroxyl groups is 1. The highest BCUT2D eigenvalue weighted by Gasteiger charge is 2.17. The number of carbonyl (C=O) groups is 1. The van der Waals surface area contributed by atoms with Gasteiger partial charge in [0.15, 0.2) is 0 Å². The number of carbonyl (C=O) groups excluding carboxylic acids is 1. The zero-order chi connectivity index (χ0) is 14.6. The first kappa shape index (κ1) is 15.8.